The highest BCUT2D eigenvalue weighted by atomic mass is 32.1. The molecular formula is C22H29N3O2S. The number of hydrogen-bond acceptors (Lipinski definition) is 5. The molecule has 5 heterocycles. The van der Waals surface area contributed by atoms with Crippen LogP contribution in [0, 0.1) is 10.8 Å². The number of furan rings is 1. The molecule has 0 aromatic carbocycles. The van der Waals surface area contributed by atoms with E-state index in [9.17, 15) is 4.79 Å². The molecule has 2 aromatic rings. The van der Waals surface area contributed by atoms with Crippen molar-refractivity contribution in [2.45, 2.75) is 25.8 Å². The topological polar surface area (TPSA) is 39.9 Å². The molecule has 3 saturated heterocycles. The normalized spacial score (nSPS) is 28.0. The fourth-order valence-electron chi connectivity index (χ4n) is 6.06. The molecule has 5 nitrogen and oxygen atoms in total. The first-order chi connectivity index (χ1) is 13.6. The lowest BCUT2D eigenvalue weighted by Gasteiger charge is -2.56. The van der Waals surface area contributed by atoms with Crippen LogP contribution in [-0.4, -0.2) is 66.9 Å². The average Bonchev–Trinajstić information content (AvgIpc) is 3.36. The highest BCUT2D eigenvalue weighted by molar-refractivity contribution is 7.08. The molecule has 0 N–H and O–H groups in total. The van der Waals surface area contributed by atoms with Gasteiger partial charge in [-0.3, -0.25) is 9.69 Å². The van der Waals surface area contributed by atoms with Crippen LogP contribution in [0.3, 0.4) is 0 Å². The third-order valence-corrected chi connectivity index (χ3v) is 7.96. The first kappa shape index (κ1) is 18.4. The van der Waals surface area contributed by atoms with E-state index in [1.807, 2.05) is 22.9 Å². The summed E-state index contributed by atoms with van der Waals surface area (Å²) in [5, 5.41) is 3.97. The Hall–Kier alpha value is -1.63. The Balaban J connectivity index is 1.34. The van der Waals surface area contributed by atoms with Crippen molar-refractivity contribution in [2.75, 3.05) is 46.3 Å². The predicted octanol–water partition coefficient (Wildman–Crippen LogP) is 3.40. The van der Waals surface area contributed by atoms with E-state index < -0.39 is 0 Å². The monoisotopic (exact) mass is 399 g/mol. The van der Waals surface area contributed by atoms with E-state index in [1.54, 1.807) is 17.6 Å². The molecule has 0 radical (unpaired) electrons. The van der Waals surface area contributed by atoms with Crippen molar-refractivity contribution >= 4 is 17.2 Å². The molecule has 3 fully saturated rings. The van der Waals surface area contributed by atoms with E-state index in [-0.39, 0.29) is 5.91 Å². The van der Waals surface area contributed by atoms with Gasteiger partial charge in [-0.25, -0.2) is 0 Å². The Morgan fingerprint density at radius 2 is 2.00 bits per heavy atom. The number of carbonyl (C=O) groups excluding carboxylic acids is 1. The fourth-order valence-corrected chi connectivity index (χ4v) is 6.69. The van der Waals surface area contributed by atoms with Crippen LogP contribution in [0.2, 0.25) is 0 Å². The number of carbonyl (C=O) groups is 1. The lowest BCUT2D eigenvalue weighted by molar-refractivity contribution is -0.0634. The largest absolute Gasteiger partial charge is 0.468 e. The maximum atomic E-state index is 12.9. The molecule has 3 aliphatic rings. The number of amides is 1. The van der Waals surface area contributed by atoms with E-state index in [0.29, 0.717) is 10.8 Å². The number of thiophene rings is 1. The molecule has 1 atom stereocenters. The Kier molecular flexibility index (Phi) is 4.61. The molecule has 0 saturated carbocycles. The number of fused-ring (bicyclic) bond motifs is 1. The number of rotatable bonds is 3. The minimum Gasteiger partial charge on any atom is -0.468 e. The van der Waals surface area contributed by atoms with Gasteiger partial charge in [-0.05, 0) is 55.3 Å². The minimum absolute atomic E-state index is 0.212. The summed E-state index contributed by atoms with van der Waals surface area (Å²) in [4.78, 5) is 20.0. The third-order valence-electron chi connectivity index (χ3n) is 7.28. The standard InChI is InChI=1S/C22H29N3O2S/c1-23-14-22(15-23)17-24(12-19-4-2-10-27-19)16-21(22)6-3-8-25(9-7-21)20(26)18-5-11-28-13-18/h2,4-5,10-11,13H,3,6-9,12,14-17H2,1H3/t21-/m1/s1. The van der Waals surface area contributed by atoms with Crippen molar-refractivity contribution in [2.24, 2.45) is 10.8 Å². The second-order valence-corrected chi connectivity index (χ2v) is 9.90. The van der Waals surface area contributed by atoms with Gasteiger partial charge in [0.2, 0.25) is 0 Å². The van der Waals surface area contributed by atoms with Gasteiger partial charge in [0.25, 0.3) is 5.91 Å². The van der Waals surface area contributed by atoms with Crippen molar-refractivity contribution in [1.82, 2.24) is 14.7 Å². The molecule has 5 rings (SSSR count). The lowest BCUT2D eigenvalue weighted by Crippen LogP contribution is -2.63. The highest BCUT2D eigenvalue weighted by Gasteiger charge is 2.61. The molecular weight excluding hydrogens is 370 g/mol. The second-order valence-electron chi connectivity index (χ2n) is 9.12. The van der Waals surface area contributed by atoms with Gasteiger partial charge < -0.3 is 14.2 Å². The molecule has 2 aromatic heterocycles. The third kappa shape index (κ3) is 3.02. The maximum absolute atomic E-state index is 12.9. The van der Waals surface area contributed by atoms with Crippen LogP contribution in [-0.2, 0) is 6.54 Å². The summed E-state index contributed by atoms with van der Waals surface area (Å²) in [7, 11) is 2.23. The highest BCUT2D eigenvalue weighted by Crippen LogP contribution is 2.57. The first-order valence-electron chi connectivity index (χ1n) is 10.3. The van der Waals surface area contributed by atoms with Crippen LogP contribution in [0.4, 0.5) is 0 Å². The summed E-state index contributed by atoms with van der Waals surface area (Å²) >= 11 is 1.60. The SMILES string of the molecule is CN1CC2(C1)CN(Cc1ccco1)C[C@]21CCCN(C(=O)c2ccsc2)CC1. The Morgan fingerprint density at radius 1 is 1.14 bits per heavy atom. The van der Waals surface area contributed by atoms with Gasteiger partial charge in [0.1, 0.15) is 5.76 Å². The zero-order chi connectivity index (χ0) is 19.2. The molecule has 3 aliphatic heterocycles. The zero-order valence-electron chi connectivity index (χ0n) is 16.6. The van der Waals surface area contributed by atoms with Crippen LogP contribution < -0.4 is 0 Å². The summed E-state index contributed by atoms with van der Waals surface area (Å²) in [5.41, 5.74) is 1.54. The molecule has 150 valence electrons. The summed E-state index contributed by atoms with van der Waals surface area (Å²) in [6.45, 7) is 7.31. The molecule has 0 aliphatic carbocycles. The van der Waals surface area contributed by atoms with Gasteiger partial charge in [-0.15, -0.1) is 0 Å². The maximum Gasteiger partial charge on any atom is 0.254 e. The summed E-state index contributed by atoms with van der Waals surface area (Å²) in [6.07, 6.45) is 5.22. The summed E-state index contributed by atoms with van der Waals surface area (Å²) in [5.74, 6) is 1.27. The first-order valence-corrected chi connectivity index (χ1v) is 11.3. The van der Waals surface area contributed by atoms with Crippen molar-refractivity contribution in [3.8, 4) is 0 Å². The van der Waals surface area contributed by atoms with Crippen LogP contribution in [0.15, 0.2) is 39.6 Å². The van der Waals surface area contributed by atoms with E-state index in [4.69, 9.17) is 4.42 Å². The van der Waals surface area contributed by atoms with Gasteiger partial charge in [-0.1, -0.05) is 0 Å². The number of nitrogens with zero attached hydrogens (tertiary/aromatic N) is 3. The zero-order valence-corrected chi connectivity index (χ0v) is 17.4. The number of hydrogen-bond donors (Lipinski definition) is 0. The minimum atomic E-state index is 0.212. The quantitative estimate of drug-likeness (QED) is 0.793. The van der Waals surface area contributed by atoms with E-state index in [0.717, 1.165) is 56.9 Å². The van der Waals surface area contributed by atoms with Crippen LogP contribution in [0.25, 0.3) is 0 Å². The fraction of sp³-hybridized carbons (Fsp3) is 0.591. The number of likely N-dealkylation sites (tertiary alicyclic amines) is 3. The van der Waals surface area contributed by atoms with Crippen molar-refractivity contribution in [1.29, 1.82) is 0 Å². The van der Waals surface area contributed by atoms with Gasteiger partial charge in [0, 0.05) is 50.1 Å². The van der Waals surface area contributed by atoms with Crippen molar-refractivity contribution < 1.29 is 9.21 Å². The second kappa shape index (κ2) is 7.01. The summed E-state index contributed by atoms with van der Waals surface area (Å²) < 4.78 is 5.62. The smallest absolute Gasteiger partial charge is 0.254 e. The van der Waals surface area contributed by atoms with E-state index in [2.05, 4.69) is 27.8 Å². The van der Waals surface area contributed by atoms with Gasteiger partial charge in [0.05, 0.1) is 18.4 Å². The van der Waals surface area contributed by atoms with Gasteiger partial charge in [-0.2, -0.15) is 11.3 Å². The molecule has 0 unspecified atom stereocenters. The summed E-state index contributed by atoms with van der Waals surface area (Å²) in [6, 6.07) is 6.02. The van der Waals surface area contributed by atoms with E-state index in [1.165, 1.54) is 19.5 Å². The molecule has 0 bridgehead atoms. The Labute approximate surface area is 170 Å². The molecule has 1 amide bonds. The molecule has 6 heteroatoms. The van der Waals surface area contributed by atoms with Gasteiger partial charge in [0.15, 0.2) is 0 Å². The van der Waals surface area contributed by atoms with Crippen LogP contribution in [0.5, 0.6) is 0 Å². The average molecular weight is 400 g/mol. The van der Waals surface area contributed by atoms with Crippen molar-refractivity contribution in [3.63, 3.8) is 0 Å². The van der Waals surface area contributed by atoms with E-state index >= 15 is 0 Å². The molecule has 28 heavy (non-hydrogen) atoms. The van der Waals surface area contributed by atoms with Crippen LogP contribution in [0.1, 0.15) is 35.4 Å². The Bertz CT molecular complexity index is 813. The predicted molar refractivity (Wildman–Crippen MR) is 110 cm³/mol. The van der Waals surface area contributed by atoms with Gasteiger partial charge >= 0.3 is 0 Å². The van der Waals surface area contributed by atoms with Crippen LogP contribution >= 0.6 is 11.3 Å². The lowest BCUT2D eigenvalue weighted by atomic mass is 9.58. The molecule has 2 spiro atoms. The van der Waals surface area contributed by atoms with Crippen molar-refractivity contribution in [3.05, 3.63) is 46.5 Å². The Morgan fingerprint density at radius 3 is 2.71 bits per heavy atom.